The fourth-order valence-corrected chi connectivity index (χ4v) is 5.80. The van der Waals surface area contributed by atoms with Gasteiger partial charge in [0.1, 0.15) is 11.3 Å². The van der Waals surface area contributed by atoms with Crippen LogP contribution in [0.1, 0.15) is 20.8 Å². The Hall–Kier alpha value is -5.25. The zero-order valence-corrected chi connectivity index (χ0v) is 29.0. The van der Waals surface area contributed by atoms with E-state index in [0.29, 0.717) is 0 Å². The molecular weight excluding hydrogens is 761 g/mol. The average molecular weight is 784 g/mol. The molecule has 268 valence electrons. The Morgan fingerprint density at radius 2 is 1.56 bits per heavy atom. The normalized spacial score (nSPS) is 10.8. The highest BCUT2D eigenvalue weighted by Gasteiger charge is 2.33. The molecule has 0 bridgehead atoms. The van der Waals surface area contributed by atoms with Crippen LogP contribution < -0.4 is 30.0 Å². The van der Waals surface area contributed by atoms with Crippen molar-refractivity contribution in [2.24, 2.45) is 7.05 Å². The van der Waals surface area contributed by atoms with E-state index in [9.17, 15) is 31.6 Å². The van der Waals surface area contributed by atoms with E-state index in [4.69, 9.17) is 59.9 Å². The number of ether oxygens (including phenoxy) is 4. The summed E-state index contributed by atoms with van der Waals surface area (Å²) in [5, 5.41) is 13.1. The minimum atomic E-state index is -4.57. The van der Waals surface area contributed by atoms with Gasteiger partial charge in [-0.05, 0) is 12.1 Å². The van der Waals surface area contributed by atoms with Crippen molar-refractivity contribution in [3.63, 3.8) is 0 Å². The SMILES string of the molecule is COC(=O)c1c(Cl)nn(C)c1S(=O)(=O)NC(=O)Nc1nc(OC)cc(OC)n1.COc1c(Cl)ccc(-c2nc(C(=O)O)c(Cl)c(N)c2F)c1F. The molecule has 0 saturated heterocycles. The molecule has 5 N–H and O–H groups in total. The Kier molecular flexibility index (Phi) is 12.5. The molecule has 0 unspecified atom stereocenters. The lowest BCUT2D eigenvalue weighted by Crippen LogP contribution is -2.36. The van der Waals surface area contributed by atoms with Crippen molar-refractivity contribution in [2.45, 2.75) is 5.03 Å². The van der Waals surface area contributed by atoms with Crippen LogP contribution in [0.5, 0.6) is 17.5 Å². The average Bonchev–Trinajstić information content (AvgIpc) is 3.37. The number of aromatic carboxylic acids is 1. The van der Waals surface area contributed by atoms with Gasteiger partial charge in [0, 0.05) is 12.6 Å². The Balaban J connectivity index is 0.000000278. The number of methoxy groups -OCH3 is 4. The first-order valence-corrected chi connectivity index (χ1v) is 15.6. The van der Waals surface area contributed by atoms with Gasteiger partial charge in [-0.25, -0.2) is 32.9 Å². The number of aromatic nitrogens is 5. The molecule has 0 aliphatic heterocycles. The van der Waals surface area contributed by atoms with Crippen LogP contribution in [0.3, 0.4) is 0 Å². The molecule has 2 amide bonds. The number of nitrogens with zero attached hydrogens (tertiary/aromatic N) is 5. The number of hydrogen-bond donors (Lipinski definition) is 4. The monoisotopic (exact) mass is 782 g/mol. The number of aryl methyl sites for hydroxylation is 1. The standard InChI is InChI=1S/C13H8Cl2F2N2O3.C13H15ClN6O7S/c1-22-12-5(14)3-2-4(7(12)16)10-8(17)9(18)6(15)11(19-10)13(20)21;1-20-10(8(9(14)18-20)11(21)27-4)28(23,24)19-13(22)17-12-15-6(25-2)5-7(16-12)26-3/h2-3H,1H3,(H2,18,19)(H,20,21);5H,1-4H3,(H2,15,16,17,19,22). The molecule has 0 saturated carbocycles. The van der Waals surface area contributed by atoms with Crippen molar-refractivity contribution in [2.75, 3.05) is 39.5 Å². The molecule has 0 radical (unpaired) electrons. The van der Waals surface area contributed by atoms with Crippen molar-refractivity contribution in [3.8, 4) is 28.8 Å². The van der Waals surface area contributed by atoms with Crippen LogP contribution in [0.2, 0.25) is 15.2 Å². The number of amides is 2. The second kappa shape index (κ2) is 16.0. The molecule has 0 atom stereocenters. The first-order valence-electron chi connectivity index (χ1n) is 12.9. The Labute approximate surface area is 295 Å². The van der Waals surface area contributed by atoms with Crippen LogP contribution in [-0.2, 0) is 21.8 Å². The van der Waals surface area contributed by atoms with Gasteiger partial charge in [-0.3, -0.25) is 10.00 Å². The third-order valence-electron chi connectivity index (χ3n) is 5.97. The van der Waals surface area contributed by atoms with Crippen LogP contribution in [0.25, 0.3) is 11.3 Å². The predicted molar refractivity (Wildman–Crippen MR) is 172 cm³/mol. The molecule has 3 heterocycles. The van der Waals surface area contributed by atoms with Gasteiger partial charge in [0.25, 0.3) is 10.0 Å². The number of urea groups is 1. The third kappa shape index (κ3) is 8.30. The van der Waals surface area contributed by atoms with Gasteiger partial charge in [0.05, 0.1) is 50.2 Å². The molecular formula is C26H23Cl3F2N8O10S. The van der Waals surface area contributed by atoms with Crippen molar-refractivity contribution >= 4 is 74.4 Å². The lowest BCUT2D eigenvalue weighted by molar-refractivity contribution is 0.0595. The zero-order chi connectivity index (χ0) is 37.7. The van der Waals surface area contributed by atoms with E-state index in [-0.39, 0.29) is 34.0 Å². The van der Waals surface area contributed by atoms with E-state index in [1.54, 1.807) is 4.72 Å². The van der Waals surface area contributed by atoms with Crippen molar-refractivity contribution in [1.29, 1.82) is 0 Å². The fourth-order valence-electron chi connectivity index (χ4n) is 3.81. The number of benzene rings is 1. The molecule has 24 heteroatoms. The van der Waals surface area contributed by atoms with E-state index in [2.05, 4.69) is 30.1 Å². The number of nitrogen functional groups attached to an aromatic ring is 1. The second-order valence-electron chi connectivity index (χ2n) is 9.02. The number of carboxylic acid groups (broad SMARTS) is 1. The number of esters is 1. The van der Waals surface area contributed by atoms with Crippen LogP contribution in [-0.4, -0.2) is 84.7 Å². The van der Waals surface area contributed by atoms with Gasteiger partial charge in [-0.15, -0.1) is 0 Å². The van der Waals surface area contributed by atoms with Gasteiger partial charge >= 0.3 is 18.0 Å². The molecule has 18 nitrogen and oxygen atoms in total. The van der Waals surface area contributed by atoms with E-state index >= 15 is 0 Å². The molecule has 4 aromatic rings. The third-order valence-corrected chi connectivity index (χ3v) is 8.35. The van der Waals surface area contributed by atoms with Crippen molar-refractivity contribution in [1.82, 2.24) is 29.5 Å². The van der Waals surface area contributed by atoms with Gasteiger partial charge in [-0.1, -0.05) is 34.8 Å². The highest BCUT2D eigenvalue weighted by Crippen LogP contribution is 2.38. The lowest BCUT2D eigenvalue weighted by atomic mass is 10.1. The molecule has 1 aromatic carbocycles. The maximum absolute atomic E-state index is 14.3. The Bertz CT molecular complexity index is 2080. The summed E-state index contributed by atoms with van der Waals surface area (Å²) in [5.41, 5.74) is 2.60. The summed E-state index contributed by atoms with van der Waals surface area (Å²) in [5.74, 6) is -5.20. The number of rotatable bonds is 9. The van der Waals surface area contributed by atoms with E-state index in [1.807, 2.05) is 0 Å². The predicted octanol–water partition coefficient (Wildman–Crippen LogP) is 3.80. The number of pyridine rings is 1. The van der Waals surface area contributed by atoms with Crippen LogP contribution in [0, 0.1) is 11.6 Å². The van der Waals surface area contributed by atoms with Crippen molar-refractivity contribution in [3.05, 3.63) is 56.3 Å². The van der Waals surface area contributed by atoms with Crippen LogP contribution in [0.4, 0.5) is 25.2 Å². The molecule has 0 spiro atoms. The summed E-state index contributed by atoms with van der Waals surface area (Å²) < 4.78 is 75.3. The number of nitrogens with one attached hydrogen (secondary N) is 2. The van der Waals surface area contributed by atoms with E-state index in [0.717, 1.165) is 17.9 Å². The van der Waals surface area contributed by atoms with Gasteiger partial charge in [0.15, 0.2) is 33.3 Å². The maximum atomic E-state index is 14.3. The quantitative estimate of drug-likeness (QED) is 0.176. The molecule has 0 aliphatic carbocycles. The number of sulfonamides is 1. The molecule has 0 fully saturated rings. The van der Waals surface area contributed by atoms with Gasteiger partial charge in [-0.2, -0.15) is 23.5 Å². The lowest BCUT2D eigenvalue weighted by Gasteiger charge is -2.12. The number of carbonyl (C=O) groups is 3. The minimum Gasteiger partial charge on any atom is -0.492 e. The summed E-state index contributed by atoms with van der Waals surface area (Å²) in [6, 6.07) is 2.51. The minimum absolute atomic E-state index is 0.0375. The number of hydrogen-bond acceptors (Lipinski definition) is 14. The number of nitrogens with two attached hydrogens (primary N) is 1. The molecule has 50 heavy (non-hydrogen) atoms. The number of carboxylic acids is 1. The second-order valence-corrected chi connectivity index (χ2v) is 11.8. The topological polar surface area (TPSA) is 249 Å². The van der Waals surface area contributed by atoms with Gasteiger partial charge < -0.3 is 29.8 Å². The van der Waals surface area contributed by atoms with Gasteiger partial charge in [0.2, 0.25) is 17.7 Å². The Morgan fingerprint density at radius 3 is 2.08 bits per heavy atom. The fraction of sp³-hybridized carbons (Fsp3) is 0.192. The number of halogens is 5. The number of anilines is 2. The maximum Gasteiger partial charge on any atom is 0.356 e. The number of carbonyl (C=O) groups excluding carboxylic acids is 2. The largest absolute Gasteiger partial charge is 0.492 e. The molecule has 0 aliphatic rings. The molecule has 3 aromatic heterocycles. The first-order chi connectivity index (χ1) is 23.4. The highest BCUT2D eigenvalue weighted by atomic mass is 35.5. The summed E-state index contributed by atoms with van der Waals surface area (Å²) in [7, 11) is 1.53. The van der Waals surface area contributed by atoms with E-state index in [1.165, 1.54) is 40.5 Å². The van der Waals surface area contributed by atoms with Crippen molar-refractivity contribution < 1.29 is 55.6 Å². The summed E-state index contributed by atoms with van der Waals surface area (Å²) in [6.45, 7) is 0. The highest BCUT2D eigenvalue weighted by molar-refractivity contribution is 7.90. The van der Waals surface area contributed by atoms with Crippen LogP contribution in [0.15, 0.2) is 23.2 Å². The summed E-state index contributed by atoms with van der Waals surface area (Å²) in [4.78, 5) is 46.2. The van der Waals surface area contributed by atoms with E-state index < -0.39 is 77.5 Å². The zero-order valence-electron chi connectivity index (χ0n) is 26.0. The smallest absolute Gasteiger partial charge is 0.356 e. The first kappa shape index (κ1) is 39.2. The summed E-state index contributed by atoms with van der Waals surface area (Å²) >= 11 is 17.2. The van der Waals surface area contributed by atoms with Crippen LogP contribution >= 0.6 is 34.8 Å². The summed E-state index contributed by atoms with van der Waals surface area (Å²) in [6.07, 6.45) is 0. The molecule has 4 rings (SSSR count). The Morgan fingerprint density at radius 1 is 0.960 bits per heavy atom.